The van der Waals surface area contributed by atoms with Gasteiger partial charge in [-0.25, -0.2) is 8.42 Å². The number of sulfonamides is 1. The lowest BCUT2D eigenvalue weighted by Crippen LogP contribution is -2.46. The van der Waals surface area contributed by atoms with Crippen molar-refractivity contribution in [1.29, 1.82) is 0 Å². The summed E-state index contributed by atoms with van der Waals surface area (Å²) < 4.78 is 27.0. The second-order valence-electron chi connectivity index (χ2n) is 5.85. The van der Waals surface area contributed by atoms with Crippen molar-refractivity contribution in [1.82, 2.24) is 9.21 Å². The maximum Gasteiger partial charge on any atom is 0.317 e. The molecule has 0 unspecified atom stereocenters. The van der Waals surface area contributed by atoms with E-state index in [2.05, 4.69) is 0 Å². The van der Waals surface area contributed by atoms with Crippen molar-refractivity contribution in [2.45, 2.75) is 30.7 Å². The third kappa shape index (κ3) is 4.23. The van der Waals surface area contributed by atoms with Crippen LogP contribution in [-0.2, 0) is 14.8 Å². The molecule has 1 heterocycles. The molecule has 6 nitrogen and oxygen atoms in total. The van der Waals surface area contributed by atoms with Crippen LogP contribution in [0.25, 0.3) is 0 Å². The highest BCUT2D eigenvalue weighted by atomic mass is 35.5. The van der Waals surface area contributed by atoms with Gasteiger partial charge in [0.25, 0.3) is 0 Å². The molecule has 0 aromatic heterocycles. The summed E-state index contributed by atoms with van der Waals surface area (Å²) in [6.07, 6.45) is 1.23. The molecular formula is C15H21ClN2O4S. The minimum atomic E-state index is -3.57. The number of aliphatic carboxylic acids is 1. The molecule has 1 N–H and O–H groups in total. The van der Waals surface area contributed by atoms with Crippen molar-refractivity contribution in [3.63, 3.8) is 0 Å². The number of aryl methyl sites for hydroxylation is 1. The van der Waals surface area contributed by atoms with Gasteiger partial charge in [0.2, 0.25) is 10.0 Å². The summed E-state index contributed by atoms with van der Waals surface area (Å²) in [6.45, 7) is 2.47. The fraction of sp³-hybridized carbons (Fsp3) is 0.533. The molecule has 2 rings (SSSR count). The maximum atomic E-state index is 12.8. The number of piperidine rings is 1. The number of carboxylic acids is 1. The van der Waals surface area contributed by atoms with E-state index in [1.54, 1.807) is 31.0 Å². The normalized spacial score (nSPS) is 17.6. The summed E-state index contributed by atoms with van der Waals surface area (Å²) in [7, 11) is -1.82. The van der Waals surface area contributed by atoms with Crippen LogP contribution in [0.1, 0.15) is 18.4 Å². The number of nitrogens with zero attached hydrogens (tertiary/aromatic N) is 2. The van der Waals surface area contributed by atoms with Crippen LogP contribution < -0.4 is 0 Å². The predicted octanol–water partition coefficient (Wildman–Crippen LogP) is 1.82. The number of rotatable bonds is 5. The molecule has 0 radical (unpaired) electrons. The molecular weight excluding hydrogens is 340 g/mol. The molecule has 0 amide bonds. The molecule has 1 aliphatic rings. The average Bonchev–Trinajstić information content (AvgIpc) is 2.49. The molecule has 8 heteroatoms. The smallest absolute Gasteiger partial charge is 0.317 e. The number of benzene rings is 1. The first-order valence-corrected chi connectivity index (χ1v) is 9.22. The third-order valence-corrected chi connectivity index (χ3v) is 6.48. The van der Waals surface area contributed by atoms with Crippen molar-refractivity contribution in [3.05, 3.63) is 28.8 Å². The Balaban J connectivity index is 2.10. The summed E-state index contributed by atoms with van der Waals surface area (Å²) in [5, 5.41) is 9.23. The predicted molar refractivity (Wildman–Crippen MR) is 88.2 cm³/mol. The van der Waals surface area contributed by atoms with E-state index in [-0.39, 0.29) is 17.5 Å². The Morgan fingerprint density at radius 2 is 2.00 bits per heavy atom. The van der Waals surface area contributed by atoms with Gasteiger partial charge in [0.15, 0.2) is 0 Å². The van der Waals surface area contributed by atoms with Gasteiger partial charge < -0.3 is 5.11 Å². The number of carboxylic acid groups (broad SMARTS) is 1. The Hall–Kier alpha value is -1.15. The second-order valence-corrected chi connectivity index (χ2v) is 8.20. The van der Waals surface area contributed by atoms with Crippen molar-refractivity contribution >= 4 is 27.6 Å². The largest absolute Gasteiger partial charge is 0.480 e. The summed E-state index contributed by atoms with van der Waals surface area (Å²) in [6, 6.07) is 4.93. The van der Waals surface area contributed by atoms with Crippen LogP contribution in [0, 0.1) is 6.92 Å². The number of carbonyl (C=O) groups is 1. The Kier molecular flexibility index (Phi) is 5.67. The summed E-state index contributed by atoms with van der Waals surface area (Å²) in [4.78, 5) is 12.8. The van der Waals surface area contributed by atoms with E-state index in [0.717, 1.165) is 0 Å². The van der Waals surface area contributed by atoms with Gasteiger partial charge in [-0.15, -0.1) is 0 Å². The SMILES string of the molecule is Cc1ccc(Cl)cc1S(=O)(=O)N1CCC(N(C)CC(=O)O)CC1. The molecule has 1 fully saturated rings. The van der Waals surface area contributed by atoms with Gasteiger partial charge in [-0.1, -0.05) is 17.7 Å². The highest BCUT2D eigenvalue weighted by Crippen LogP contribution is 2.26. The summed E-state index contributed by atoms with van der Waals surface area (Å²) >= 11 is 5.93. The second kappa shape index (κ2) is 7.17. The topological polar surface area (TPSA) is 77.9 Å². The van der Waals surface area contributed by atoms with E-state index in [9.17, 15) is 13.2 Å². The molecule has 1 aliphatic heterocycles. The molecule has 0 spiro atoms. The Labute approximate surface area is 141 Å². The summed E-state index contributed by atoms with van der Waals surface area (Å²) in [5.41, 5.74) is 0.666. The van der Waals surface area contributed by atoms with Gasteiger partial charge in [0.05, 0.1) is 11.4 Å². The first kappa shape index (κ1) is 18.2. The number of likely N-dealkylation sites (N-methyl/N-ethyl adjacent to an activating group) is 1. The number of hydrogen-bond donors (Lipinski definition) is 1. The van der Waals surface area contributed by atoms with Crippen molar-refractivity contribution in [3.8, 4) is 0 Å². The monoisotopic (exact) mass is 360 g/mol. The lowest BCUT2D eigenvalue weighted by Gasteiger charge is -2.35. The standard InChI is InChI=1S/C15H21ClN2O4S/c1-11-3-4-12(16)9-14(11)23(21,22)18-7-5-13(6-8-18)17(2)10-15(19)20/h3-4,9,13H,5-8,10H2,1-2H3,(H,19,20). The fourth-order valence-electron chi connectivity index (χ4n) is 2.86. The van der Waals surface area contributed by atoms with E-state index in [4.69, 9.17) is 16.7 Å². The zero-order valence-corrected chi connectivity index (χ0v) is 14.8. The Morgan fingerprint density at radius 1 is 1.39 bits per heavy atom. The number of halogens is 1. The molecule has 1 saturated heterocycles. The minimum absolute atomic E-state index is 0.0369. The minimum Gasteiger partial charge on any atom is -0.480 e. The quantitative estimate of drug-likeness (QED) is 0.866. The van der Waals surface area contributed by atoms with E-state index in [0.29, 0.717) is 36.5 Å². The molecule has 1 aromatic rings. The molecule has 0 atom stereocenters. The Bertz CT molecular complexity index is 685. The van der Waals surface area contributed by atoms with Crippen LogP contribution in [0.4, 0.5) is 0 Å². The first-order chi connectivity index (χ1) is 10.7. The van der Waals surface area contributed by atoms with Gasteiger partial charge >= 0.3 is 5.97 Å². The van der Waals surface area contributed by atoms with Crippen LogP contribution in [-0.4, -0.2) is 61.4 Å². The Morgan fingerprint density at radius 3 is 2.57 bits per heavy atom. The zero-order valence-electron chi connectivity index (χ0n) is 13.2. The van der Waals surface area contributed by atoms with E-state index < -0.39 is 16.0 Å². The van der Waals surface area contributed by atoms with Crippen LogP contribution in [0.5, 0.6) is 0 Å². The highest BCUT2D eigenvalue weighted by Gasteiger charge is 2.32. The van der Waals surface area contributed by atoms with Crippen LogP contribution in [0.15, 0.2) is 23.1 Å². The van der Waals surface area contributed by atoms with Gasteiger partial charge in [0.1, 0.15) is 0 Å². The van der Waals surface area contributed by atoms with Crippen molar-refractivity contribution < 1.29 is 18.3 Å². The van der Waals surface area contributed by atoms with Gasteiger partial charge in [-0.05, 0) is 44.5 Å². The molecule has 23 heavy (non-hydrogen) atoms. The molecule has 0 saturated carbocycles. The number of hydrogen-bond acceptors (Lipinski definition) is 4. The molecule has 0 bridgehead atoms. The van der Waals surface area contributed by atoms with Gasteiger partial charge in [-0.2, -0.15) is 4.31 Å². The van der Waals surface area contributed by atoms with E-state index in [1.807, 2.05) is 0 Å². The maximum absolute atomic E-state index is 12.8. The lowest BCUT2D eigenvalue weighted by molar-refractivity contribution is -0.138. The molecule has 128 valence electrons. The highest BCUT2D eigenvalue weighted by molar-refractivity contribution is 7.89. The summed E-state index contributed by atoms with van der Waals surface area (Å²) in [5.74, 6) is -0.878. The van der Waals surface area contributed by atoms with Crippen LogP contribution >= 0.6 is 11.6 Å². The first-order valence-electron chi connectivity index (χ1n) is 7.40. The van der Waals surface area contributed by atoms with Crippen LogP contribution in [0.2, 0.25) is 5.02 Å². The van der Waals surface area contributed by atoms with E-state index in [1.165, 1.54) is 10.4 Å². The molecule has 0 aliphatic carbocycles. The van der Waals surface area contributed by atoms with Crippen LogP contribution in [0.3, 0.4) is 0 Å². The zero-order chi connectivity index (χ0) is 17.2. The fourth-order valence-corrected chi connectivity index (χ4v) is 4.81. The van der Waals surface area contributed by atoms with Crippen molar-refractivity contribution in [2.24, 2.45) is 0 Å². The molecule has 1 aromatic carbocycles. The van der Waals surface area contributed by atoms with Gasteiger partial charge in [0, 0.05) is 24.2 Å². The van der Waals surface area contributed by atoms with E-state index >= 15 is 0 Å². The van der Waals surface area contributed by atoms with Gasteiger partial charge in [-0.3, -0.25) is 9.69 Å². The average molecular weight is 361 g/mol. The lowest BCUT2D eigenvalue weighted by atomic mass is 10.1. The van der Waals surface area contributed by atoms with Crippen molar-refractivity contribution in [2.75, 3.05) is 26.7 Å². The third-order valence-electron chi connectivity index (χ3n) is 4.20.